The molecule has 6 nitrogen and oxygen atoms in total. The van der Waals surface area contributed by atoms with Gasteiger partial charge in [0.25, 0.3) is 0 Å². The maximum Gasteiger partial charge on any atom is 0.339 e. The van der Waals surface area contributed by atoms with Gasteiger partial charge in [0, 0.05) is 6.07 Å². The molecular formula is C14H16N2O4. The highest BCUT2D eigenvalue weighted by Crippen LogP contribution is 2.29. The van der Waals surface area contributed by atoms with Gasteiger partial charge in [-0.3, -0.25) is 0 Å². The van der Waals surface area contributed by atoms with E-state index in [-0.39, 0.29) is 5.56 Å². The SMILES string of the molecule is CCc1c(C(=O)O)cnn1-c1cc(OC)ccc1OC. The summed E-state index contributed by atoms with van der Waals surface area (Å²) in [5.41, 5.74) is 1.46. The molecular weight excluding hydrogens is 260 g/mol. The predicted octanol–water partition coefficient (Wildman–Crippen LogP) is 2.15. The molecule has 2 rings (SSSR count). The van der Waals surface area contributed by atoms with Gasteiger partial charge in [-0.1, -0.05) is 6.92 Å². The summed E-state index contributed by atoms with van der Waals surface area (Å²) in [4.78, 5) is 11.2. The van der Waals surface area contributed by atoms with Crippen molar-refractivity contribution < 1.29 is 19.4 Å². The maximum absolute atomic E-state index is 11.2. The average molecular weight is 276 g/mol. The lowest BCUT2D eigenvalue weighted by Gasteiger charge is -2.12. The van der Waals surface area contributed by atoms with E-state index in [1.54, 1.807) is 37.1 Å². The summed E-state index contributed by atoms with van der Waals surface area (Å²) in [5.74, 6) is 0.255. The molecule has 0 radical (unpaired) electrons. The number of hydrogen-bond acceptors (Lipinski definition) is 4. The lowest BCUT2D eigenvalue weighted by atomic mass is 10.2. The predicted molar refractivity (Wildman–Crippen MR) is 73.0 cm³/mol. The van der Waals surface area contributed by atoms with Crippen LogP contribution in [0.15, 0.2) is 24.4 Å². The number of ether oxygens (including phenoxy) is 2. The number of carboxylic acid groups (broad SMARTS) is 1. The number of methoxy groups -OCH3 is 2. The van der Waals surface area contributed by atoms with Gasteiger partial charge in [-0.25, -0.2) is 9.48 Å². The van der Waals surface area contributed by atoms with Crippen molar-refractivity contribution in [2.45, 2.75) is 13.3 Å². The number of benzene rings is 1. The highest BCUT2D eigenvalue weighted by Gasteiger charge is 2.18. The first-order chi connectivity index (χ1) is 9.62. The molecule has 0 bridgehead atoms. The summed E-state index contributed by atoms with van der Waals surface area (Å²) in [6.07, 6.45) is 1.89. The van der Waals surface area contributed by atoms with Crippen LogP contribution in [0.3, 0.4) is 0 Å². The van der Waals surface area contributed by atoms with E-state index in [2.05, 4.69) is 5.10 Å². The third-order valence-corrected chi connectivity index (χ3v) is 3.05. The van der Waals surface area contributed by atoms with Crippen LogP contribution in [0, 0.1) is 0 Å². The van der Waals surface area contributed by atoms with Crippen molar-refractivity contribution in [3.63, 3.8) is 0 Å². The van der Waals surface area contributed by atoms with Gasteiger partial charge in [-0.2, -0.15) is 5.10 Å². The van der Waals surface area contributed by atoms with E-state index in [1.807, 2.05) is 6.92 Å². The van der Waals surface area contributed by atoms with Gasteiger partial charge < -0.3 is 14.6 Å². The molecule has 0 aliphatic rings. The Morgan fingerprint density at radius 3 is 2.65 bits per heavy atom. The first-order valence-electron chi connectivity index (χ1n) is 6.15. The zero-order valence-corrected chi connectivity index (χ0v) is 11.6. The molecule has 0 fully saturated rings. The normalized spacial score (nSPS) is 10.3. The smallest absolute Gasteiger partial charge is 0.339 e. The van der Waals surface area contributed by atoms with Crippen molar-refractivity contribution in [1.82, 2.24) is 9.78 Å². The largest absolute Gasteiger partial charge is 0.497 e. The third-order valence-electron chi connectivity index (χ3n) is 3.05. The Morgan fingerprint density at radius 1 is 1.35 bits per heavy atom. The van der Waals surface area contributed by atoms with Crippen molar-refractivity contribution in [3.05, 3.63) is 35.7 Å². The summed E-state index contributed by atoms with van der Waals surface area (Å²) in [5, 5.41) is 13.3. The monoisotopic (exact) mass is 276 g/mol. The van der Waals surface area contributed by atoms with Crippen molar-refractivity contribution in [1.29, 1.82) is 0 Å². The van der Waals surface area contributed by atoms with Gasteiger partial charge in [0.05, 0.1) is 26.1 Å². The molecule has 1 aromatic carbocycles. The number of hydrogen-bond donors (Lipinski definition) is 1. The van der Waals surface area contributed by atoms with Crippen LogP contribution in [0.5, 0.6) is 11.5 Å². The average Bonchev–Trinajstić information content (AvgIpc) is 2.90. The molecule has 1 aromatic heterocycles. The van der Waals surface area contributed by atoms with E-state index < -0.39 is 5.97 Å². The summed E-state index contributed by atoms with van der Waals surface area (Å²) in [6.45, 7) is 1.88. The number of aromatic carboxylic acids is 1. The second-order valence-electron chi connectivity index (χ2n) is 4.11. The van der Waals surface area contributed by atoms with Gasteiger partial charge in [-0.15, -0.1) is 0 Å². The van der Waals surface area contributed by atoms with Crippen LogP contribution < -0.4 is 9.47 Å². The minimum Gasteiger partial charge on any atom is -0.497 e. The van der Waals surface area contributed by atoms with E-state index in [4.69, 9.17) is 9.47 Å². The fraction of sp³-hybridized carbons (Fsp3) is 0.286. The van der Waals surface area contributed by atoms with Crippen LogP contribution in [0.4, 0.5) is 0 Å². The number of nitrogens with zero attached hydrogens (tertiary/aromatic N) is 2. The Kier molecular flexibility index (Phi) is 3.93. The van der Waals surface area contributed by atoms with Crippen LogP contribution in [0.1, 0.15) is 23.0 Å². The topological polar surface area (TPSA) is 73.6 Å². The Labute approximate surface area is 116 Å². The highest BCUT2D eigenvalue weighted by molar-refractivity contribution is 5.88. The van der Waals surface area contributed by atoms with Crippen LogP contribution >= 0.6 is 0 Å². The Balaban J connectivity index is 2.64. The fourth-order valence-corrected chi connectivity index (χ4v) is 2.06. The second kappa shape index (κ2) is 5.64. The Bertz CT molecular complexity index is 634. The number of carbonyl (C=O) groups is 1. The number of rotatable bonds is 5. The molecule has 6 heteroatoms. The van der Waals surface area contributed by atoms with Crippen LogP contribution in [0.25, 0.3) is 5.69 Å². The molecule has 1 heterocycles. The number of aromatic nitrogens is 2. The molecule has 20 heavy (non-hydrogen) atoms. The standard InChI is InChI=1S/C14H16N2O4/c1-4-11-10(14(17)18)8-15-16(11)12-7-9(19-2)5-6-13(12)20-3/h5-8H,4H2,1-3H3,(H,17,18). The van der Waals surface area contributed by atoms with Gasteiger partial charge in [-0.05, 0) is 18.6 Å². The molecule has 0 unspecified atom stereocenters. The van der Waals surface area contributed by atoms with Crippen LogP contribution in [-0.4, -0.2) is 35.1 Å². The molecule has 0 aliphatic carbocycles. The van der Waals surface area contributed by atoms with Gasteiger partial charge in [0.15, 0.2) is 0 Å². The minimum absolute atomic E-state index is 0.192. The molecule has 0 saturated heterocycles. The van der Waals surface area contributed by atoms with Crippen molar-refractivity contribution >= 4 is 5.97 Å². The van der Waals surface area contributed by atoms with Gasteiger partial charge in [0.2, 0.25) is 0 Å². The molecule has 106 valence electrons. The number of carboxylic acids is 1. The van der Waals surface area contributed by atoms with E-state index in [1.165, 1.54) is 6.20 Å². The molecule has 0 spiro atoms. The van der Waals surface area contributed by atoms with Gasteiger partial charge >= 0.3 is 5.97 Å². The minimum atomic E-state index is -0.991. The summed E-state index contributed by atoms with van der Waals surface area (Å²) >= 11 is 0. The maximum atomic E-state index is 11.2. The molecule has 1 N–H and O–H groups in total. The summed E-state index contributed by atoms with van der Waals surface area (Å²) in [6, 6.07) is 5.29. The summed E-state index contributed by atoms with van der Waals surface area (Å²) in [7, 11) is 3.12. The van der Waals surface area contributed by atoms with E-state index in [9.17, 15) is 9.90 Å². The van der Waals surface area contributed by atoms with Crippen molar-refractivity contribution in [2.24, 2.45) is 0 Å². The van der Waals surface area contributed by atoms with E-state index in [0.29, 0.717) is 29.3 Å². The van der Waals surface area contributed by atoms with Crippen molar-refractivity contribution in [2.75, 3.05) is 14.2 Å². The van der Waals surface area contributed by atoms with E-state index in [0.717, 1.165) is 0 Å². The second-order valence-corrected chi connectivity index (χ2v) is 4.11. The third kappa shape index (κ3) is 2.32. The first kappa shape index (κ1) is 13.9. The molecule has 2 aromatic rings. The Hall–Kier alpha value is -2.50. The van der Waals surface area contributed by atoms with E-state index >= 15 is 0 Å². The quantitative estimate of drug-likeness (QED) is 0.905. The first-order valence-corrected chi connectivity index (χ1v) is 6.15. The lowest BCUT2D eigenvalue weighted by Crippen LogP contribution is -2.07. The van der Waals surface area contributed by atoms with Crippen molar-refractivity contribution in [3.8, 4) is 17.2 Å². The molecule has 0 saturated carbocycles. The highest BCUT2D eigenvalue weighted by atomic mass is 16.5. The molecule has 0 atom stereocenters. The van der Waals surface area contributed by atoms with Crippen LogP contribution in [-0.2, 0) is 6.42 Å². The molecule has 0 amide bonds. The molecule has 0 aliphatic heterocycles. The zero-order chi connectivity index (χ0) is 14.7. The van der Waals surface area contributed by atoms with Gasteiger partial charge in [0.1, 0.15) is 22.7 Å². The Morgan fingerprint density at radius 2 is 2.10 bits per heavy atom. The fourth-order valence-electron chi connectivity index (χ4n) is 2.06. The lowest BCUT2D eigenvalue weighted by molar-refractivity contribution is 0.0695. The summed E-state index contributed by atoms with van der Waals surface area (Å²) < 4.78 is 12.1. The van der Waals surface area contributed by atoms with Crippen LogP contribution in [0.2, 0.25) is 0 Å². The zero-order valence-electron chi connectivity index (χ0n) is 11.6.